The quantitative estimate of drug-likeness (QED) is 0.574. The van der Waals surface area contributed by atoms with E-state index < -0.39 is 16.0 Å². The third-order valence-corrected chi connectivity index (χ3v) is 6.40. The zero-order valence-corrected chi connectivity index (χ0v) is 16.4. The summed E-state index contributed by atoms with van der Waals surface area (Å²) in [6.45, 7) is 1.32. The van der Waals surface area contributed by atoms with E-state index in [-0.39, 0.29) is 11.8 Å². The molecule has 0 spiro atoms. The van der Waals surface area contributed by atoms with Crippen molar-refractivity contribution in [1.82, 2.24) is 9.29 Å². The van der Waals surface area contributed by atoms with Gasteiger partial charge in [0.15, 0.2) is 5.58 Å². The normalized spacial score (nSPS) is 17.1. The first-order valence-corrected chi connectivity index (χ1v) is 10.4. The largest absolute Gasteiger partial charge is 0.475 e. The third-order valence-electron chi connectivity index (χ3n) is 4.52. The number of sulfonamides is 1. The van der Waals surface area contributed by atoms with Crippen LogP contribution >= 0.6 is 0 Å². The van der Waals surface area contributed by atoms with Crippen LogP contribution in [0.2, 0.25) is 0 Å². The molecule has 0 bridgehead atoms. The number of nitrogens with two attached hydrogens (primary N) is 2. The smallest absolute Gasteiger partial charge is 0.371 e. The highest BCUT2D eigenvalue weighted by Crippen LogP contribution is 2.20. The molecule has 1 saturated heterocycles. The van der Waals surface area contributed by atoms with Crippen LogP contribution in [-0.2, 0) is 16.6 Å². The molecule has 1 fully saturated rings. The number of pyridine rings is 1. The first kappa shape index (κ1) is 20.9. The van der Waals surface area contributed by atoms with Crippen molar-refractivity contribution < 1.29 is 22.7 Å². The van der Waals surface area contributed by atoms with Gasteiger partial charge in [-0.15, -0.1) is 0 Å². The summed E-state index contributed by atoms with van der Waals surface area (Å²) in [6.07, 6.45) is 3.80. The van der Waals surface area contributed by atoms with Crippen molar-refractivity contribution in [2.24, 2.45) is 11.5 Å². The van der Waals surface area contributed by atoms with Crippen molar-refractivity contribution in [3.05, 3.63) is 60.1 Å². The SMILES string of the molecule is NCc1ccc(S(=O)(=O)N2CCC(N)C2)cc1.O=C(O)c1cc2ccncc2o1. The number of aromatic nitrogens is 1. The van der Waals surface area contributed by atoms with Gasteiger partial charge >= 0.3 is 5.97 Å². The molecule has 1 aromatic carbocycles. The number of fused-ring (bicyclic) bond motifs is 1. The summed E-state index contributed by atoms with van der Waals surface area (Å²) in [5.74, 6) is -1.12. The molecule has 1 aliphatic rings. The van der Waals surface area contributed by atoms with Crippen molar-refractivity contribution >= 4 is 27.0 Å². The Morgan fingerprint density at radius 2 is 2.00 bits per heavy atom. The van der Waals surface area contributed by atoms with Gasteiger partial charge in [0.1, 0.15) is 0 Å². The van der Waals surface area contributed by atoms with Gasteiger partial charge in [-0.2, -0.15) is 4.31 Å². The molecule has 29 heavy (non-hydrogen) atoms. The number of furan rings is 1. The lowest BCUT2D eigenvalue weighted by atomic mass is 10.2. The Labute approximate surface area is 168 Å². The predicted molar refractivity (Wildman–Crippen MR) is 107 cm³/mol. The Balaban J connectivity index is 0.000000176. The van der Waals surface area contributed by atoms with Gasteiger partial charge in [0.25, 0.3) is 0 Å². The standard InChI is InChI=1S/C11H17N3O2S.C8H5NO3/c12-7-9-1-3-11(4-2-9)17(15,16)14-6-5-10(13)8-14;10-8(11)6-3-5-1-2-9-4-7(5)12-6/h1-4,10H,5-8,12-13H2;1-4H,(H,10,11). The lowest BCUT2D eigenvalue weighted by molar-refractivity contribution is 0.0665. The summed E-state index contributed by atoms with van der Waals surface area (Å²) in [5.41, 5.74) is 12.6. The molecule has 2 aromatic heterocycles. The number of carboxylic acids is 1. The highest BCUT2D eigenvalue weighted by Gasteiger charge is 2.30. The number of aromatic carboxylic acids is 1. The van der Waals surface area contributed by atoms with E-state index in [1.54, 1.807) is 36.5 Å². The minimum atomic E-state index is -3.38. The second-order valence-electron chi connectivity index (χ2n) is 6.59. The molecule has 10 heteroatoms. The Bertz CT molecular complexity index is 1060. The number of carbonyl (C=O) groups is 1. The molecule has 0 saturated carbocycles. The fraction of sp³-hybridized carbons (Fsp3) is 0.263. The highest BCUT2D eigenvalue weighted by atomic mass is 32.2. The fourth-order valence-corrected chi connectivity index (χ4v) is 4.42. The molecule has 1 aliphatic heterocycles. The number of rotatable bonds is 4. The van der Waals surface area contributed by atoms with Gasteiger partial charge in [-0.05, 0) is 36.2 Å². The zero-order valence-electron chi connectivity index (χ0n) is 15.6. The van der Waals surface area contributed by atoms with Gasteiger partial charge in [0, 0.05) is 37.3 Å². The second-order valence-corrected chi connectivity index (χ2v) is 8.53. The van der Waals surface area contributed by atoms with Gasteiger partial charge in [-0.25, -0.2) is 13.2 Å². The third kappa shape index (κ3) is 4.80. The fourth-order valence-electron chi connectivity index (χ4n) is 2.91. The van der Waals surface area contributed by atoms with E-state index in [1.807, 2.05) is 0 Å². The zero-order chi connectivity index (χ0) is 21.0. The van der Waals surface area contributed by atoms with Gasteiger partial charge < -0.3 is 21.0 Å². The molecule has 1 unspecified atom stereocenters. The Morgan fingerprint density at radius 1 is 1.28 bits per heavy atom. The molecular weight excluding hydrogens is 396 g/mol. The van der Waals surface area contributed by atoms with Crippen molar-refractivity contribution in [3.63, 3.8) is 0 Å². The van der Waals surface area contributed by atoms with Crippen LogP contribution in [0, 0.1) is 0 Å². The van der Waals surface area contributed by atoms with Gasteiger partial charge in [0.05, 0.1) is 11.1 Å². The first-order valence-electron chi connectivity index (χ1n) is 8.93. The van der Waals surface area contributed by atoms with Crippen LogP contribution in [0.3, 0.4) is 0 Å². The molecule has 0 radical (unpaired) electrons. The minimum absolute atomic E-state index is 0.0481. The number of nitrogens with zero attached hydrogens (tertiary/aromatic N) is 2. The van der Waals surface area contributed by atoms with Crippen LogP contribution in [0.1, 0.15) is 22.5 Å². The average molecular weight is 418 g/mol. The van der Waals surface area contributed by atoms with Crippen molar-refractivity contribution in [2.75, 3.05) is 13.1 Å². The monoisotopic (exact) mass is 418 g/mol. The predicted octanol–water partition coefficient (Wildman–Crippen LogP) is 1.39. The van der Waals surface area contributed by atoms with E-state index in [2.05, 4.69) is 4.98 Å². The molecular formula is C19H22N4O5S. The molecule has 9 nitrogen and oxygen atoms in total. The van der Waals surface area contributed by atoms with E-state index in [1.165, 1.54) is 16.6 Å². The number of carboxylic acid groups (broad SMARTS) is 1. The maximum atomic E-state index is 12.2. The van der Waals surface area contributed by atoms with Crippen LogP contribution in [0.5, 0.6) is 0 Å². The summed E-state index contributed by atoms with van der Waals surface area (Å²) in [4.78, 5) is 14.6. The maximum absolute atomic E-state index is 12.2. The topological polar surface area (TPSA) is 153 Å². The van der Waals surface area contributed by atoms with Crippen molar-refractivity contribution in [3.8, 4) is 0 Å². The molecule has 0 aliphatic carbocycles. The van der Waals surface area contributed by atoms with Gasteiger partial charge in [0.2, 0.25) is 15.8 Å². The molecule has 3 heterocycles. The summed E-state index contributed by atoms with van der Waals surface area (Å²) in [6, 6.07) is 9.80. The van der Waals surface area contributed by atoms with E-state index in [0.717, 1.165) is 17.4 Å². The van der Waals surface area contributed by atoms with Crippen molar-refractivity contribution in [2.45, 2.75) is 23.9 Å². The first-order chi connectivity index (χ1) is 13.8. The Morgan fingerprint density at radius 3 is 2.55 bits per heavy atom. The van der Waals surface area contributed by atoms with E-state index in [4.69, 9.17) is 21.0 Å². The average Bonchev–Trinajstić information content (AvgIpc) is 3.35. The molecule has 3 aromatic rings. The molecule has 1 atom stereocenters. The molecule has 5 N–H and O–H groups in total. The van der Waals surface area contributed by atoms with Crippen LogP contribution < -0.4 is 11.5 Å². The second kappa shape index (κ2) is 8.70. The lowest BCUT2D eigenvalue weighted by Crippen LogP contribution is -2.31. The lowest BCUT2D eigenvalue weighted by Gasteiger charge is -2.16. The van der Waals surface area contributed by atoms with Crippen molar-refractivity contribution in [1.29, 1.82) is 0 Å². The summed E-state index contributed by atoms with van der Waals surface area (Å²) in [5, 5.41) is 9.32. The summed E-state index contributed by atoms with van der Waals surface area (Å²) >= 11 is 0. The van der Waals surface area contributed by atoms with Crippen LogP contribution in [0.15, 0.2) is 58.1 Å². The minimum Gasteiger partial charge on any atom is -0.475 e. The van der Waals surface area contributed by atoms with E-state index in [9.17, 15) is 13.2 Å². The maximum Gasteiger partial charge on any atom is 0.371 e. The highest BCUT2D eigenvalue weighted by molar-refractivity contribution is 7.89. The Hall–Kier alpha value is -2.79. The summed E-state index contributed by atoms with van der Waals surface area (Å²) < 4.78 is 30.8. The van der Waals surface area contributed by atoms with Crippen LogP contribution in [-0.4, -0.2) is 47.9 Å². The van der Waals surface area contributed by atoms with Gasteiger partial charge in [-0.3, -0.25) is 4.98 Å². The number of benzene rings is 1. The molecule has 154 valence electrons. The summed E-state index contributed by atoms with van der Waals surface area (Å²) in [7, 11) is -3.38. The number of hydrogen-bond acceptors (Lipinski definition) is 7. The molecule has 0 amide bonds. The van der Waals surface area contributed by atoms with Crippen LogP contribution in [0.4, 0.5) is 0 Å². The molecule has 4 rings (SSSR count). The van der Waals surface area contributed by atoms with Crippen LogP contribution in [0.25, 0.3) is 11.0 Å². The Kier molecular flexibility index (Phi) is 6.28. The van der Waals surface area contributed by atoms with E-state index >= 15 is 0 Å². The number of hydrogen-bond donors (Lipinski definition) is 3. The van der Waals surface area contributed by atoms with Gasteiger partial charge in [-0.1, -0.05) is 12.1 Å². The van der Waals surface area contributed by atoms with E-state index in [0.29, 0.717) is 30.1 Å².